The van der Waals surface area contributed by atoms with Gasteiger partial charge in [0.25, 0.3) is 0 Å². The van der Waals surface area contributed by atoms with Gasteiger partial charge in [-0.15, -0.1) is 10.2 Å². The zero-order valence-electron chi connectivity index (χ0n) is 19.6. The molecule has 0 spiro atoms. The van der Waals surface area contributed by atoms with Crippen molar-refractivity contribution in [3.63, 3.8) is 0 Å². The van der Waals surface area contributed by atoms with Gasteiger partial charge in [0, 0.05) is 36.9 Å². The highest BCUT2D eigenvalue weighted by Crippen LogP contribution is 2.30. The van der Waals surface area contributed by atoms with Gasteiger partial charge in [-0.2, -0.15) is 0 Å². The number of carbonyl (C=O) groups excluding carboxylic acids is 1. The van der Waals surface area contributed by atoms with Crippen LogP contribution in [0.2, 0.25) is 0 Å². The topological polar surface area (TPSA) is 81.5 Å². The lowest BCUT2D eigenvalue weighted by molar-refractivity contribution is -0.125. The minimum Gasteiger partial charge on any atom is -0.493 e. The summed E-state index contributed by atoms with van der Waals surface area (Å²) in [5.74, 6) is 1.49. The van der Waals surface area contributed by atoms with E-state index in [1.807, 2.05) is 25.1 Å². The molecule has 1 amide bonds. The molecule has 1 aromatic carbocycles. The van der Waals surface area contributed by atoms with Crippen LogP contribution in [0.3, 0.4) is 0 Å². The van der Waals surface area contributed by atoms with Crippen LogP contribution in [0.4, 0.5) is 5.13 Å². The molecule has 4 rings (SSSR count). The highest BCUT2D eigenvalue weighted by Gasteiger charge is 2.27. The molecule has 0 radical (unpaired) electrons. The average molecular weight is 470 g/mol. The van der Waals surface area contributed by atoms with Crippen molar-refractivity contribution in [2.24, 2.45) is 5.92 Å². The molecule has 0 saturated carbocycles. The molecule has 176 valence electrons. The molecule has 8 nitrogen and oxygen atoms in total. The van der Waals surface area contributed by atoms with Crippen molar-refractivity contribution in [3.05, 3.63) is 47.3 Å². The number of carbonyl (C=O) groups is 1. The van der Waals surface area contributed by atoms with Crippen LogP contribution in [0.1, 0.15) is 36.7 Å². The van der Waals surface area contributed by atoms with Crippen LogP contribution in [0, 0.1) is 19.8 Å². The zero-order chi connectivity index (χ0) is 23.4. The highest BCUT2D eigenvalue weighted by atomic mass is 32.1. The van der Waals surface area contributed by atoms with E-state index in [-0.39, 0.29) is 11.8 Å². The van der Waals surface area contributed by atoms with E-state index in [9.17, 15) is 4.79 Å². The third-order valence-electron chi connectivity index (χ3n) is 6.00. The smallest absolute Gasteiger partial charge is 0.223 e. The van der Waals surface area contributed by atoms with Crippen molar-refractivity contribution in [1.82, 2.24) is 20.1 Å². The Bertz CT molecular complexity index is 1080. The van der Waals surface area contributed by atoms with Gasteiger partial charge >= 0.3 is 0 Å². The molecular weight excluding hydrogens is 438 g/mol. The van der Waals surface area contributed by atoms with E-state index in [2.05, 4.69) is 51.0 Å². The Balaban J connectivity index is 1.30. The first kappa shape index (κ1) is 23.1. The Labute approximate surface area is 198 Å². The normalized spacial score (nSPS) is 14.4. The van der Waals surface area contributed by atoms with Crippen LogP contribution < -0.4 is 19.7 Å². The number of ether oxygens (including phenoxy) is 2. The maximum atomic E-state index is 12.8. The number of nitrogens with zero attached hydrogens (tertiary/aromatic N) is 4. The fourth-order valence-electron chi connectivity index (χ4n) is 4.16. The van der Waals surface area contributed by atoms with Gasteiger partial charge in [-0.3, -0.25) is 9.36 Å². The SMILES string of the molecule is CCOc1ccc(CNC(=O)C2CCN(c3nnc(-n4c(C)ccc4C)s3)CC2)cc1OC. The van der Waals surface area contributed by atoms with Gasteiger partial charge in [0.15, 0.2) is 11.5 Å². The van der Waals surface area contributed by atoms with Crippen molar-refractivity contribution in [2.75, 3.05) is 31.7 Å². The monoisotopic (exact) mass is 469 g/mol. The molecule has 0 bridgehead atoms. The molecule has 33 heavy (non-hydrogen) atoms. The maximum Gasteiger partial charge on any atom is 0.223 e. The Morgan fingerprint density at radius 2 is 1.79 bits per heavy atom. The molecule has 2 aromatic heterocycles. The van der Waals surface area contributed by atoms with E-state index < -0.39 is 0 Å². The number of hydrogen-bond acceptors (Lipinski definition) is 7. The Morgan fingerprint density at radius 3 is 2.45 bits per heavy atom. The summed E-state index contributed by atoms with van der Waals surface area (Å²) in [7, 11) is 1.62. The number of amides is 1. The molecule has 0 atom stereocenters. The summed E-state index contributed by atoms with van der Waals surface area (Å²) in [5, 5.41) is 13.7. The first-order valence-corrected chi connectivity index (χ1v) is 12.1. The first-order chi connectivity index (χ1) is 16.0. The predicted octanol–water partition coefficient (Wildman–Crippen LogP) is 3.89. The average Bonchev–Trinajstić information content (AvgIpc) is 3.44. The Kier molecular flexibility index (Phi) is 7.17. The maximum absolute atomic E-state index is 12.8. The molecule has 3 aromatic rings. The van der Waals surface area contributed by atoms with Gasteiger partial charge in [-0.05, 0) is 63.4 Å². The molecule has 0 aliphatic carbocycles. The van der Waals surface area contributed by atoms with E-state index in [1.165, 1.54) is 0 Å². The molecule has 1 aliphatic rings. The Morgan fingerprint density at radius 1 is 1.09 bits per heavy atom. The highest BCUT2D eigenvalue weighted by molar-refractivity contribution is 7.17. The summed E-state index contributed by atoms with van der Waals surface area (Å²) in [6.07, 6.45) is 1.60. The van der Waals surface area contributed by atoms with Crippen LogP contribution in [-0.2, 0) is 11.3 Å². The second-order valence-corrected chi connectivity index (χ2v) is 9.15. The molecule has 1 aliphatic heterocycles. The lowest BCUT2D eigenvalue weighted by Crippen LogP contribution is -2.40. The van der Waals surface area contributed by atoms with E-state index in [0.717, 1.165) is 53.1 Å². The second kappa shape index (κ2) is 10.2. The molecular formula is C24H31N5O3S. The largest absolute Gasteiger partial charge is 0.493 e. The number of benzene rings is 1. The van der Waals surface area contributed by atoms with E-state index >= 15 is 0 Å². The number of methoxy groups -OCH3 is 1. The van der Waals surface area contributed by atoms with Crippen LogP contribution in [-0.4, -0.2) is 47.5 Å². The zero-order valence-corrected chi connectivity index (χ0v) is 20.4. The number of nitrogens with one attached hydrogen (secondary N) is 1. The lowest BCUT2D eigenvalue weighted by Gasteiger charge is -2.30. The minimum atomic E-state index is 0.00664. The van der Waals surface area contributed by atoms with E-state index in [1.54, 1.807) is 18.4 Å². The summed E-state index contributed by atoms with van der Waals surface area (Å²) in [6.45, 7) is 8.73. The summed E-state index contributed by atoms with van der Waals surface area (Å²) in [4.78, 5) is 15.0. The van der Waals surface area contributed by atoms with Crippen molar-refractivity contribution in [2.45, 2.75) is 40.2 Å². The lowest BCUT2D eigenvalue weighted by atomic mass is 9.96. The minimum absolute atomic E-state index is 0.00664. The third-order valence-corrected chi connectivity index (χ3v) is 6.97. The molecule has 1 saturated heterocycles. The number of hydrogen-bond donors (Lipinski definition) is 1. The van der Waals surface area contributed by atoms with Crippen LogP contribution in [0.15, 0.2) is 30.3 Å². The fourth-order valence-corrected chi connectivity index (χ4v) is 5.18. The van der Waals surface area contributed by atoms with Crippen molar-refractivity contribution in [3.8, 4) is 16.6 Å². The molecule has 0 unspecified atom stereocenters. The van der Waals surface area contributed by atoms with Gasteiger partial charge in [0.1, 0.15) is 0 Å². The first-order valence-electron chi connectivity index (χ1n) is 11.3. The summed E-state index contributed by atoms with van der Waals surface area (Å²) >= 11 is 1.59. The summed E-state index contributed by atoms with van der Waals surface area (Å²) < 4.78 is 13.1. The molecule has 1 N–H and O–H groups in total. The standard InChI is InChI=1S/C24H31N5O3S/c1-5-32-20-9-8-18(14-21(20)31-4)15-25-22(30)19-10-12-28(13-11-19)23-26-27-24(33-23)29-16(2)6-7-17(29)3/h6-9,14,19H,5,10-13,15H2,1-4H3,(H,25,30). The Hall–Kier alpha value is -3.07. The van der Waals surface area contributed by atoms with Crippen molar-refractivity contribution in [1.29, 1.82) is 0 Å². The number of rotatable bonds is 8. The van der Waals surface area contributed by atoms with Gasteiger partial charge < -0.3 is 19.7 Å². The number of anilines is 1. The molecule has 3 heterocycles. The van der Waals surface area contributed by atoms with Crippen LogP contribution in [0.5, 0.6) is 11.5 Å². The van der Waals surface area contributed by atoms with Crippen molar-refractivity contribution < 1.29 is 14.3 Å². The second-order valence-electron chi connectivity index (χ2n) is 8.22. The van der Waals surface area contributed by atoms with Gasteiger partial charge in [-0.1, -0.05) is 17.4 Å². The number of aromatic nitrogens is 3. The quantitative estimate of drug-likeness (QED) is 0.539. The van der Waals surface area contributed by atoms with Gasteiger partial charge in [0.2, 0.25) is 16.2 Å². The van der Waals surface area contributed by atoms with Crippen LogP contribution >= 0.6 is 11.3 Å². The number of piperidine rings is 1. The third kappa shape index (κ3) is 5.13. The summed E-state index contributed by atoms with van der Waals surface area (Å²) in [6, 6.07) is 9.93. The van der Waals surface area contributed by atoms with Crippen LogP contribution in [0.25, 0.3) is 5.13 Å². The number of aryl methyl sites for hydroxylation is 2. The van der Waals surface area contributed by atoms with E-state index in [0.29, 0.717) is 24.7 Å². The fraction of sp³-hybridized carbons (Fsp3) is 0.458. The molecule has 1 fully saturated rings. The van der Waals surface area contributed by atoms with Gasteiger partial charge in [0.05, 0.1) is 13.7 Å². The van der Waals surface area contributed by atoms with Gasteiger partial charge in [-0.25, -0.2) is 0 Å². The molecule has 9 heteroatoms. The predicted molar refractivity (Wildman–Crippen MR) is 130 cm³/mol. The van der Waals surface area contributed by atoms with Crippen molar-refractivity contribution >= 4 is 22.4 Å². The van der Waals surface area contributed by atoms with E-state index in [4.69, 9.17) is 9.47 Å². The summed E-state index contributed by atoms with van der Waals surface area (Å²) in [5.41, 5.74) is 3.28.